The van der Waals surface area contributed by atoms with Gasteiger partial charge in [-0.15, -0.1) is 0 Å². The maximum Gasteiger partial charge on any atom is 0.254 e. The summed E-state index contributed by atoms with van der Waals surface area (Å²) in [6.45, 7) is 8.78. The number of amides is 1. The van der Waals surface area contributed by atoms with Gasteiger partial charge in [0.1, 0.15) is 0 Å². The summed E-state index contributed by atoms with van der Waals surface area (Å²) in [6.07, 6.45) is 5.40. The fraction of sp³-hybridized carbons (Fsp3) is 0.529. The number of nitrogens with zero attached hydrogens (tertiary/aromatic N) is 2. The lowest BCUT2D eigenvalue weighted by Gasteiger charge is -2.25. The average molecular weight is 287 g/mol. The van der Waals surface area contributed by atoms with E-state index in [1.807, 2.05) is 6.07 Å². The molecule has 4 nitrogen and oxygen atoms in total. The molecule has 1 amide bonds. The minimum atomic E-state index is -0.0327. The van der Waals surface area contributed by atoms with E-state index in [1.165, 1.54) is 36.0 Å². The predicted octanol–water partition coefficient (Wildman–Crippen LogP) is 2.55. The van der Waals surface area contributed by atoms with Gasteiger partial charge in [-0.1, -0.05) is 18.6 Å². The summed E-state index contributed by atoms with van der Waals surface area (Å²) in [6, 6.07) is 4.12. The lowest BCUT2D eigenvalue weighted by Crippen LogP contribution is -2.38. The van der Waals surface area contributed by atoms with Crippen LogP contribution in [0, 0.1) is 20.8 Å². The van der Waals surface area contributed by atoms with Crippen molar-refractivity contribution in [3.05, 3.63) is 34.4 Å². The van der Waals surface area contributed by atoms with E-state index in [2.05, 4.69) is 42.3 Å². The predicted molar refractivity (Wildman–Crippen MR) is 86.7 cm³/mol. The van der Waals surface area contributed by atoms with Gasteiger partial charge < -0.3 is 0 Å². The largest absolute Gasteiger partial charge is 0.294 e. The van der Waals surface area contributed by atoms with Gasteiger partial charge in [0, 0.05) is 0 Å². The van der Waals surface area contributed by atoms with Crippen LogP contribution in [0.5, 0.6) is 0 Å². The standard InChI is InChI=1S/C17H25N3O/c1-13-7-8-16(15(3)14(13)2)11-18-19-17(21)12-20-9-5-4-6-10-20/h7-8,11H,4-6,9-10,12H2,1-3H3,(H,19,21)/b18-11+. The van der Waals surface area contributed by atoms with E-state index >= 15 is 0 Å². The van der Waals surface area contributed by atoms with Crippen LogP contribution in [0.25, 0.3) is 0 Å². The Morgan fingerprint density at radius 3 is 2.62 bits per heavy atom. The topological polar surface area (TPSA) is 44.7 Å². The minimum absolute atomic E-state index is 0.0327. The smallest absolute Gasteiger partial charge is 0.254 e. The highest BCUT2D eigenvalue weighted by Gasteiger charge is 2.13. The quantitative estimate of drug-likeness (QED) is 0.683. The zero-order valence-electron chi connectivity index (χ0n) is 13.3. The second-order valence-electron chi connectivity index (χ2n) is 5.85. The zero-order valence-corrected chi connectivity index (χ0v) is 13.3. The van der Waals surface area contributed by atoms with Gasteiger partial charge in [0.05, 0.1) is 12.8 Å². The molecule has 1 fully saturated rings. The summed E-state index contributed by atoms with van der Waals surface area (Å²) < 4.78 is 0. The molecule has 0 aromatic heterocycles. The average Bonchev–Trinajstić information content (AvgIpc) is 2.48. The number of benzene rings is 1. The molecule has 1 aromatic carbocycles. The number of carbonyl (C=O) groups is 1. The van der Waals surface area contributed by atoms with Crippen molar-refractivity contribution in [3.63, 3.8) is 0 Å². The van der Waals surface area contributed by atoms with Gasteiger partial charge in [-0.3, -0.25) is 9.69 Å². The van der Waals surface area contributed by atoms with Crippen molar-refractivity contribution in [2.45, 2.75) is 40.0 Å². The van der Waals surface area contributed by atoms with Gasteiger partial charge >= 0.3 is 0 Å². The lowest BCUT2D eigenvalue weighted by molar-refractivity contribution is -0.122. The van der Waals surface area contributed by atoms with Crippen LogP contribution in [-0.2, 0) is 4.79 Å². The Morgan fingerprint density at radius 2 is 1.90 bits per heavy atom. The van der Waals surface area contributed by atoms with E-state index in [9.17, 15) is 4.79 Å². The number of hydrogen-bond acceptors (Lipinski definition) is 3. The first kappa shape index (κ1) is 15.7. The van der Waals surface area contributed by atoms with E-state index < -0.39 is 0 Å². The van der Waals surface area contributed by atoms with Crippen molar-refractivity contribution < 1.29 is 4.79 Å². The van der Waals surface area contributed by atoms with Crippen LogP contribution in [0.4, 0.5) is 0 Å². The summed E-state index contributed by atoms with van der Waals surface area (Å²) in [4.78, 5) is 14.0. The summed E-state index contributed by atoms with van der Waals surface area (Å²) in [7, 11) is 0. The molecule has 0 atom stereocenters. The Balaban J connectivity index is 1.87. The highest BCUT2D eigenvalue weighted by Crippen LogP contribution is 2.15. The number of hydrogen-bond donors (Lipinski definition) is 1. The van der Waals surface area contributed by atoms with E-state index in [0.29, 0.717) is 6.54 Å². The maximum atomic E-state index is 11.8. The van der Waals surface area contributed by atoms with E-state index in [1.54, 1.807) is 6.21 Å². The van der Waals surface area contributed by atoms with Crippen LogP contribution in [0.1, 0.15) is 41.5 Å². The van der Waals surface area contributed by atoms with Crippen molar-refractivity contribution in [1.82, 2.24) is 10.3 Å². The highest BCUT2D eigenvalue weighted by molar-refractivity contribution is 5.84. The molecule has 1 heterocycles. The number of likely N-dealkylation sites (tertiary alicyclic amines) is 1. The molecule has 1 aromatic rings. The zero-order chi connectivity index (χ0) is 15.2. The molecule has 0 spiro atoms. The molecule has 0 radical (unpaired) electrons. The molecule has 0 unspecified atom stereocenters. The monoisotopic (exact) mass is 287 g/mol. The van der Waals surface area contributed by atoms with Crippen LogP contribution < -0.4 is 5.43 Å². The molecule has 1 N–H and O–H groups in total. The third-order valence-electron chi connectivity index (χ3n) is 4.31. The third kappa shape index (κ3) is 4.39. The summed E-state index contributed by atoms with van der Waals surface area (Å²) in [5, 5.41) is 4.09. The van der Waals surface area contributed by atoms with E-state index in [4.69, 9.17) is 0 Å². The van der Waals surface area contributed by atoms with Gasteiger partial charge in [0.15, 0.2) is 0 Å². The summed E-state index contributed by atoms with van der Waals surface area (Å²) in [5.41, 5.74) is 7.45. The van der Waals surface area contributed by atoms with Crippen molar-refractivity contribution in [2.75, 3.05) is 19.6 Å². The number of nitrogens with one attached hydrogen (secondary N) is 1. The molecule has 2 rings (SSSR count). The van der Waals surface area contributed by atoms with E-state index in [-0.39, 0.29) is 5.91 Å². The number of carbonyl (C=O) groups excluding carboxylic acids is 1. The first-order chi connectivity index (χ1) is 10.1. The van der Waals surface area contributed by atoms with E-state index in [0.717, 1.165) is 18.7 Å². The van der Waals surface area contributed by atoms with Gasteiger partial charge in [-0.2, -0.15) is 5.10 Å². The number of hydrazone groups is 1. The molecule has 0 aliphatic carbocycles. The fourth-order valence-corrected chi connectivity index (χ4v) is 2.65. The Morgan fingerprint density at radius 1 is 1.19 bits per heavy atom. The van der Waals surface area contributed by atoms with Gasteiger partial charge in [0.2, 0.25) is 0 Å². The Labute approximate surface area is 127 Å². The van der Waals surface area contributed by atoms with Crippen LogP contribution in [0.2, 0.25) is 0 Å². The molecule has 1 aliphatic heterocycles. The second kappa shape index (κ2) is 7.36. The number of piperidine rings is 1. The lowest BCUT2D eigenvalue weighted by atomic mass is 10.00. The molecular weight excluding hydrogens is 262 g/mol. The fourth-order valence-electron chi connectivity index (χ4n) is 2.65. The molecule has 114 valence electrons. The van der Waals surface area contributed by atoms with Crippen LogP contribution >= 0.6 is 0 Å². The first-order valence-corrected chi connectivity index (χ1v) is 7.69. The SMILES string of the molecule is Cc1ccc(/C=N/NC(=O)CN2CCCCC2)c(C)c1C. The Hall–Kier alpha value is -1.68. The molecule has 0 bridgehead atoms. The first-order valence-electron chi connectivity index (χ1n) is 7.69. The summed E-state index contributed by atoms with van der Waals surface area (Å²) >= 11 is 0. The molecule has 1 saturated heterocycles. The van der Waals surface area contributed by atoms with Crippen molar-refractivity contribution in [2.24, 2.45) is 5.10 Å². The van der Waals surface area contributed by atoms with Gasteiger partial charge in [0.25, 0.3) is 5.91 Å². The Bertz CT molecular complexity index is 531. The van der Waals surface area contributed by atoms with Crippen LogP contribution in [0.3, 0.4) is 0 Å². The molecular formula is C17H25N3O. The van der Waals surface area contributed by atoms with Crippen molar-refractivity contribution >= 4 is 12.1 Å². The van der Waals surface area contributed by atoms with Gasteiger partial charge in [-0.25, -0.2) is 5.43 Å². The maximum absolute atomic E-state index is 11.8. The molecule has 4 heteroatoms. The normalized spacial score (nSPS) is 16.3. The molecule has 21 heavy (non-hydrogen) atoms. The van der Waals surface area contributed by atoms with Crippen molar-refractivity contribution in [1.29, 1.82) is 0 Å². The molecule has 0 saturated carbocycles. The van der Waals surface area contributed by atoms with Gasteiger partial charge in [-0.05, 0) is 69.0 Å². The Kier molecular flexibility index (Phi) is 5.51. The number of rotatable bonds is 4. The highest BCUT2D eigenvalue weighted by atomic mass is 16.2. The minimum Gasteiger partial charge on any atom is -0.294 e. The molecule has 1 aliphatic rings. The second-order valence-corrected chi connectivity index (χ2v) is 5.85. The van der Waals surface area contributed by atoms with Crippen LogP contribution in [-0.4, -0.2) is 36.7 Å². The van der Waals surface area contributed by atoms with Crippen LogP contribution in [0.15, 0.2) is 17.2 Å². The summed E-state index contributed by atoms with van der Waals surface area (Å²) in [5.74, 6) is -0.0327. The van der Waals surface area contributed by atoms with Crippen molar-refractivity contribution in [3.8, 4) is 0 Å². The number of aryl methyl sites for hydroxylation is 1. The third-order valence-corrected chi connectivity index (χ3v) is 4.31.